The van der Waals surface area contributed by atoms with E-state index in [2.05, 4.69) is 32.7 Å². The van der Waals surface area contributed by atoms with Gasteiger partial charge in [0.15, 0.2) is 16.3 Å². The number of carbonyl (C=O) groups excluding carboxylic acids is 2. The minimum Gasteiger partial charge on any atom is -0.360 e. The fourth-order valence-corrected chi connectivity index (χ4v) is 3.14. The van der Waals surface area contributed by atoms with Gasteiger partial charge in [0.1, 0.15) is 6.04 Å². The lowest BCUT2D eigenvalue weighted by Gasteiger charge is -2.19. The van der Waals surface area contributed by atoms with Crippen LogP contribution in [-0.2, 0) is 4.79 Å². The lowest BCUT2D eigenvalue weighted by Crippen LogP contribution is -2.42. The van der Waals surface area contributed by atoms with Crippen molar-refractivity contribution in [1.29, 1.82) is 5.26 Å². The first kappa shape index (κ1) is 15.6. The number of likely N-dealkylation sites (tertiary alicyclic amines) is 1. The fourth-order valence-electron chi connectivity index (χ4n) is 2.88. The SMILES string of the molecule is N#C[C@@H]1CCCN1C(=O)CNC(=O)c1c[nH]c2cc[c]([Al])cc12. The van der Waals surface area contributed by atoms with Crippen LogP contribution in [0.4, 0.5) is 0 Å². The maximum absolute atomic E-state index is 12.3. The summed E-state index contributed by atoms with van der Waals surface area (Å²) in [4.78, 5) is 29.1. The van der Waals surface area contributed by atoms with Gasteiger partial charge in [-0.15, -0.1) is 4.43 Å². The summed E-state index contributed by atoms with van der Waals surface area (Å²) in [5.74, 6) is -0.512. The van der Waals surface area contributed by atoms with E-state index in [1.807, 2.05) is 18.2 Å². The molecule has 2 radical (unpaired) electrons. The number of H-pyrrole nitrogens is 1. The van der Waals surface area contributed by atoms with Gasteiger partial charge in [0, 0.05) is 23.6 Å². The zero-order chi connectivity index (χ0) is 16.4. The Labute approximate surface area is 141 Å². The van der Waals surface area contributed by atoms with Crippen molar-refractivity contribution < 1.29 is 9.59 Å². The number of aromatic amines is 1. The molecule has 2 heterocycles. The van der Waals surface area contributed by atoms with Gasteiger partial charge in [0.05, 0.1) is 18.2 Å². The molecule has 0 unspecified atom stereocenters. The molecule has 1 aliphatic heterocycles. The van der Waals surface area contributed by atoms with E-state index in [1.54, 1.807) is 6.20 Å². The molecule has 0 bridgehead atoms. The zero-order valence-electron chi connectivity index (χ0n) is 12.5. The topological polar surface area (TPSA) is 89.0 Å². The molecular weight excluding hydrogens is 307 g/mol. The van der Waals surface area contributed by atoms with Gasteiger partial charge in [0.25, 0.3) is 5.91 Å². The number of nitrogens with zero attached hydrogens (tertiary/aromatic N) is 2. The number of hydrogen-bond acceptors (Lipinski definition) is 3. The molecule has 1 atom stereocenters. The molecule has 3 rings (SSSR count). The number of nitrogens with one attached hydrogen (secondary N) is 2. The molecule has 6 nitrogen and oxygen atoms in total. The minimum absolute atomic E-state index is 0.0930. The number of rotatable bonds is 3. The number of fused-ring (bicyclic) bond motifs is 1. The van der Waals surface area contributed by atoms with Gasteiger partial charge in [0.2, 0.25) is 5.91 Å². The minimum atomic E-state index is -0.368. The first-order valence-corrected chi connectivity index (χ1v) is 8.02. The van der Waals surface area contributed by atoms with E-state index in [0.717, 1.165) is 21.7 Å². The molecule has 2 N–H and O–H groups in total. The number of carbonyl (C=O) groups is 2. The summed E-state index contributed by atoms with van der Waals surface area (Å²) in [6.45, 7) is 0.487. The second-order valence-electron chi connectivity index (χ2n) is 5.56. The van der Waals surface area contributed by atoms with Crippen molar-refractivity contribution in [2.24, 2.45) is 0 Å². The molecule has 2 aromatic rings. The number of hydrogen-bond donors (Lipinski definition) is 2. The standard InChI is InChI=1S/C16H15N4O2.Al/c17-8-11-4-3-7-20(11)15(21)10-19-16(22)13-9-18-14-6-2-1-5-12(13)14;/h2,5-6,9,11,18H,3-4,7,10H2,(H,19,22);/t11-;/m0./s1. The van der Waals surface area contributed by atoms with Crippen LogP contribution in [0, 0.1) is 11.3 Å². The van der Waals surface area contributed by atoms with Crippen LogP contribution in [0.15, 0.2) is 24.4 Å². The average molecular weight is 322 g/mol. The molecule has 23 heavy (non-hydrogen) atoms. The molecule has 0 saturated carbocycles. The normalized spacial score (nSPS) is 17.2. The van der Waals surface area contributed by atoms with E-state index < -0.39 is 0 Å². The third-order valence-electron chi connectivity index (χ3n) is 4.07. The lowest BCUT2D eigenvalue weighted by molar-refractivity contribution is -0.130. The van der Waals surface area contributed by atoms with Crippen molar-refractivity contribution in [3.63, 3.8) is 0 Å². The van der Waals surface area contributed by atoms with E-state index in [9.17, 15) is 9.59 Å². The van der Waals surface area contributed by atoms with E-state index in [1.165, 1.54) is 4.90 Å². The van der Waals surface area contributed by atoms with Crippen LogP contribution in [0.2, 0.25) is 0 Å². The first-order chi connectivity index (χ1) is 11.1. The number of benzene rings is 1. The molecule has 1 fully saturated rings. The van der Waals surface area contributed by atoms with Crippen LogP contribution < -0.4 is 9.74 Å². The zero-order valence-corrected chi connectivity index (χ0v) is 13.7. The van der Waals surface area contributed by atoms with Crippen LogP contribution in [0.25, 0.3) is 10.9 Å². The van der Waals surface area contributed by atoms with Crippen LogP contribution in [0.5, 0.6) is 0 Å². The second-order valence-corrected chi connectivity index (χ2v) is 6.23. The van der Waals surface area contributed by atoms with Gasteiger partial charge in [-0.3, -0.25) is 9.59 Å². The summed E-state index contributed by atoms with van der Waals surface area (Å²) in [6.07, 6.45) is 3.18. The van der Waals surface area contributed by atoms with Crippen molar-refractivity contribution >= 4 is 43.4 Å². The van der Waals surface area contributed by atoms with E-state index in [0.29, 0.717) is 18.5 Å². The van der Waals surface area contributed by atoms with Gasteiger partial charge in [-0.1, -0.05) is 12.1 Å². The number of nitriles is 1. The summed E-state index contributed by atoms with van der Waals surface area (Å²) in [6, 6.07) is 7.50. The molecular formula is C16H15AlN4O2. The summed E-state index contributed by atoms with van der Waals surface area (Å²) in [5, 5.41) is 12.5. The first-order valence-electron chi connectivity index (χ1n) is 7.44. The molecule has 7 heteroatoms. The van der Waals surface area contributed by atoms with E-state index in [4.69, 9.17) is 5.26 Å². The molecule has 1 aromatic carbocycles. The second kappa shape index (κ2) is 6.46. The number of amides is 2. The maximum atomic E-state index is 12.3. The van der Waals surface area contributed by atoms with Crippen molar-refractivity contribution in [2.45, 2.75) is 18.9 Å². The summed E-state index contributed by atoms with van der Waals surface area (Å²) >= 11 is 2.60. The quantitative estimate of drug-likeness (QED) is 0.792. The van der Waals surface area contributed by atoms with Crippen molar-refractivity contribution in [1.82, 2.24) is 15.2 Å². The van der Waals surface area contributed by atoms with Gasteiger partial charge in [-0.05, 0) is 18.9 Å². The van der Waals surface area contributed by atoms with E-state index >= 15 is 0 Å². The maximum Gasteiger partial charge on any atom is 0.253 e. The van der Waals surface area contributed by atoms with Crippen molar-refractivity contribution in [3.05, 3.63) is 30.0 Å². The summed E-state index contributed by atoms with van der Waals surface area (Å²) in [5.41, 5.74) is 1.38. The molecule has 1 saturated heterocycles. The molecule has 0 aliphatic carbocycles. The van der Waals surface area contributed by atoms with Crippen molar-refractivity contribution in [2.75, 3.05) is 13.1 Å². The highest BCUT2D eigenvalue weighted by Gasteiger charge is 2.28. The number of aromatic nitrogens is 1. The Hall–Kier alpha value is -2.28. The van der Waals surface area contributed by atoms with E-state index in [-0.39, 0.29) is 24.4 Å². The highest BCUT2D eigenvalue weighted by molar-refractivity contribution is 6.33. The van der Waals surface area contributed by atoms with Gasteiger partial charge >= 0.3 is 0 Å². The Morgan fingerprint density at radius 3 is 3.09 bits per heavy atom. The third-order valence-corrected chi connectivity index (χ3v) is 4.43. The summed E-state index contributed by atoms with van der Waals surface area (Å²) < 4.78 is 0.983. The molecule has 114 valence electrons. The van der Waals surface area contributed by atoms with Gasteiger partial charge < -0.3 is 15.2 Å². The lowest BCUT2D eigenvalue weighted by atomic mass is 10.1. The predicted molar refractivity (Wildman–Crippen MR) is 86.4 cm³/mol. The van der Waals surface area contributed by atoms with Crippen molar-refractivity contribution in [3.8, 4) is 6.07 Å². The van der Waals surface area contributed by atoms with Gasteiger partial charge in [-0.2, -0.15) is 5.26 Å². The predicted octanol–water partition coefficient (Wildman–Crippen LogP) is 0.206. The van der Waals surface area contributed by atoms with Crippen LogP contribution in [-0.4, -0.2) is 57.1 Å². The monoisotopic (exact) mass is 322 g/mol. The molecule has 1 aromatic heterocycles. The largest absolute Gasteiger partial charge is 0.360 e. The Kier molecular flexibility index (Phi) is 4.38. The molecule has 2 amide bonds. The molecule has 0 spiro atoms. The highest BCUT2D eigenvalue weighted by atomic mass is 27.0. The fraction of sp³-hybridized carbons (Fsp3) is 0.312. The third kappa shape index (κ3) is 3.10. The molecule has 1 aliphatic rings. The Bertz CT molecular complexity index is 808. The Balaban J connectivity index is 1.68. The Morgan fingerprint density at radius 1 is 1.48 bits per heavy atom. The van der Waals surface area contributed by atoms with Crippen LogP contribution >= 0.6 is 0 Å². The average Bonchev–Trinajstić information content (AvgIpc) is 3.18. The van der Waals surface area contributed by atoms with Crippen LogP contribution in [0.3, 0.4) is 0 Å². The van der Waals surface area contributed by atoms with Crippen LogP contribution in [0.1, 0.15) is 23.2 Å². The Morgan fingerprint density at radius 2 is 2.30 bits per heavy atom. The smallest absolute Gasteiger partial charge is 0.253 e. The summed E-state index contributed by atoms with van der Waals surface area (Å²) in [7, 11) is 0. The van der Waals surface area contributed by atoms with Gasteiger partial charge in [-0.25, -0.2) is 0 Å². The highest BCUT2D eigenvalue weighted by Crippen LogP contribution is 2.17.